The predicted octanol–water partition coefficient (Wildman–Crippen LogP) is 1.43. The van der Waals surface area contributed by atoms with Crippen LogP contribution < -0.4 is 5.32 Å². The van der Waals surface area contributed by atoms with Crippen molar-refractivity contribution in [2.24, 2.45) is 0 Å². The lowest BCUT2D eigenvalue weighted by Gasteiger charge is -2.45. The van der Waals surface area contributed by atoms with Gasteiger partial charge in [0.05, 0.1) is 11.1 Å². The summed E-state index contributed by atoms with van der Waals surface area (Å²) in [4.78, 5) is 33.3. The third-order valence-corrected chi connectivity index (χ3v) is 6.81. The normalized spacial score (nSPS) is 25.4. The van der Waals surface area contributed by atoms with Gasteiger partial charge in [-0.15, -0.1) is 11.3 Å². The number of ether oxygens (including phenoxy) is 1. The largest absolute Gasteiger partial charge is 0.365 e. The number of carbonyl (C=O) groups is 2. The number of amides is 2. The zero-order valence-electron chi connectivity index (χ0n) is 15.9. The Balaban J connectivity index is 1.26. The van der Waals surface area contributed by atoms with Crippen molar-refractivity contribution in [3.8, 4) is 0 Å². The molecule has 0 spiro atoms. The Bertz CT molecular complexity index is 682. The van der Waals surface area contributed by atoms with Crippen LogP contribution in [0.1, 0.15) is 47.6 Å². The molecule has 0 bridgehead atoms. The summed E-state index contributed by atoms with van der Waals surface area (Å²) in [6.45, 7) is 5.13. The number of likely N-dealkylation sites (tertiary alicyclic amines) is 1. The molecule has 1 aromatic heterocycles. The summed E-state index contributed by atoms with van der Waals surface area (Å²) in [6, 6.07) is 1.08. The molecular formula is C19H28N4O3S. The van der Waals surface area contributed by atoms with Gasteiger partial charge < -0.3 is 19.9 Å². The summed E-state index contributed by atoms with van der Waals surface area (Å²) < 4.78 is 5.65. The first-order valence-electron chi connectivity index (χ1n) is 9.95. The molecular weight excluding hydrogens is 364 g/mol. The molecule has 1 N–H and O–H groups in total. The number of morpholine rings is 1. The Morgan fingerprint density at radius 3 is 2.70 bits per heavy atom. The van der Waals surface area contributed by atoms with E-state index in [2.05, 4.69) is 15.2 Å². The van der Waals surface area contributed by atoms with E-state index in [1.54, 1.807) is 5.38 Å². The summed E-state index contributed by atoms with van der Waals surface area (Å²) >= 11 is 1.46. The Morgan fingerprint density at radius 1 is 1.30 bits per heavy atom. The van der Waals surface area contributed by atoms with Crippen molar-refractivity contribution in [2.45, 2.75) is 57.2 Å². The highest BCUT2D eigenvalue weighted by atomic mass is 32.1. The van der Waals surface area contributed by atoms with Crippen LogP contribution in [0.2, 0.25) is 0 Å². The average Bonchev–Trinajstić information content (AvgIpc) is 3.07. The van der Waals surface area contributed by atoms with Gasteiger partial charge in [0.15, 0.2) is 0 Å². The van der Waals surface area contributed by atoms with Gasteiger partial charge in [0.1, 0.15) is 12.3 Å². The number of hydrogen-bond donors (Lipinski definition) is 1. The summed E-state index contributed by atoms with van der Waals surface area (Å²) in [5.74, 6) is -0.102. The number of aryl methyl sites for hydroxylation is 1. The van der Waals surface area contributed by atoms with Crippen LogP contribution >= 0.6 is 11.3 Å². The lowest BCUT2D eigenvalue weighted by Crippen LogP contribution is -2.57. The standard InChI is InChI=1S/C19H28N4O3S/c1-13-21-17(12-27-13)19(25)20-9-16-10-23(18(24)11-26-16)15-5-7-22(8-6-15)14-3-2-4-14/h12,14-16H,2-11H2,1H3,(H,20,25)/t16-/m0/s1. The highest BCUT2D eigenvalue weighted by molar-refractivity contribution is 7.09. The van der Waals surface area contributed by atoms with Crippen molar-refractivity contribution in [3.63, 3.8) is 0 Å². The second-order valence-electron chi connectivity index (χ2n) is 7.79. The molecule has 4 rings (SSSR count). The third-order valence-electron chi connectivity index (χ3n) is 6.04. The van der Waals surface area contributed by atoms with Crippen LogP contribution in [0.3, 0.4) is 0 Å². The van der Waals surface area contributed by atoms with Gasteiger partial charge in [0.25, 0.3) is 5.91 Å². The van der Waals surface area contributed by atoms with Crippen molar-refractivity contribution in [3.05, 3.63) is 16.1 Å². The number of aromatic nitrogens is 1. The first-order chi connectivity index (χ1) is 13.1. The lowest BCUT2D eigenvalue weighted by atomic mass is 9.89. The molecule has 0 aromatic carbocycles. The fourth-order valence-electron chi connectivity index (χ4n) is 4.20. The average molecular weight is 393 g/mol. The van der Waals surface area contributed by atoms with Gasteiger partial charge in [-0.2, -0.15) is 0 Å². The van der Waals surface area contributed by atoms with E-state index in [4.69, 9.17) is 4.74 Å². The van der Waals surface area contributed by atoms with Gasteiger partial charge >= 0.3 is 0 Å². The van der Waals surface area contributed by atoms with Crippen molar-refractivity contribution >= 4 is 23.2 Å². The third kappa shape index (κ3) is 4.33. The number of rotatable bonds is 5. The van der Waals surface area contributed by atoms with Gasteiger partial charge in [-0.05, 0) is 32.6 Å². The Labute approximate surface area is 164 Å². The molecule has 3 aliphatic rings. The Kier molecular flexibility index (Phi) is 5.75. The van der Waals surface area contributed by atoms with Gasteiger partial charge in [-0.1, -0.05) is 6.42 Å². The number of carbonyl (C=O) groups excluding carboxylic acids is 2. The fraction of sp³-hybridized carbons (Fsp3) is 0.737. The van der Waals surface area contributed by atoms with Crippen LogP contribution in [0.5, 0.6) is 0 Å². The number of thiazole rings is 1. The second-order valence-corrected chi connectivity index (χ2v) is 8.85. The van der Waals surface area contributed by atoms with Crippen LogP contribution in [0, 0.1) is 6.92 Å². The van der Waals surface area contributed by atoms with E-state index < -0.39 is 0 Å². The summed E-state index contributed by atoms with van der Waals surface area (Å²) in [6.07, 6.45) is 5.96. The van der Waals surface area contributed by atoms with Crippen LogP contribution in [0.15, 0.2) is 5.38 Å². The molecule has 3 fully saturated rings. The molecule has 2 saturated heterocycles. The number of nitrogens with zero attached hydrogens (tertiary/aromatic N) is 3. The van der Waals surface area contributed by atoms with E-state index in [9.17, 15) is 9.59 Å². The highest BCUT2D eigenvalue weighted by Gasteiger charge is 2.35. The Hall–Kier alpha value is -1.51. The maximum Gasteiger partial charge on any atom is 0.270 e. The van der Waals surface area contributed by atoms with Gasteiger partial charge in [-0.3, -0.25) is 9.59 Å². The predicted molar refractivity (Wildman–Crippen MR) is 103 cm³/mol. The maximum absolute atomic E-state index is 12.4. The number of hydrogen-bond acceptors (Lipinski definition) is 6. The van der Waals surface area contributed by atoms with Gasteiger partial charge in [0, 0.05) is 43.6 Å². The van der Waals surface area contributed by atoms with Crippen molar-refractivity contribution in [2.75, 3.05) is 32.8 Å². The molecule has 148 valence electrons. The lowest BCUT2D eigenvalue weighted by molar-refractivity contribution is -0.153. The minimum absolute atomic E-state index is 0.0785. The first-order valence-corrected chi connectivity index (χ1v) is 10.8. The van der Waals surface area contributed by atoms with E-state index in [0.717, 1.165) is 37.0 Å². The fourth-order valence-corrected chi connectivity index (χ4v) is 4.79. The van der Waals surface area contributed by atoms with Gasteiger partial charge in [0.2, 0.25) is 5.91 Å². The molecule has 7 nitrogen and oxygen atoms in total. The number of nitrogens with one attached hydrogen (secondary N) is 1. The van der Waals surface area contributed by atoms with Gasteiger partial charge in [-0.25, -0.2) is 4.98 Å². The molecule has 27 heavy (non-hydrogen) atoms. The molecule has 1 saturated carbocycles. The quantitative estimate of drug-likeness (QED) is 0.820. The molecule has 0 radical (unpaired) electrons. The summed E-state index contributed by atoms with van der Waals surface area (Å²) in [5, 5.41) is 5.53. The zero-order chi connectivity index (χ0) is 18.8. The monoisotopic (exact) mass is 392 g/mol. The maximum atomic E-state index is 12.4. The van der Waals surface area contributed by atoms with Crippen LogP contribution in [0.4, 0.5) is 0 Å². The number of piperidine rings is 1. The molecule has 3 heterocycles. The SMILES string of the molecule is Cc1nc(C(=O)NC[C@H]2CN(C3CCN(C4CCC4)CC3)C(=O)CO2)cs1. The Morgan fingerprint density at radius 2 is 2.07 bits per heavy atom. The van der Waals surface area contributed by atoms with Crippen molar-refractivity contribution in [1.82, 2.24) is 20.1 Å². The molecule has 2 amide bonds. The molecule has 1 atom stereocenters. The van der Waals surface area contributed by atoms with Crippen LogP contribution in [0.25, 0.3) is 0 Å². The minimum Gasteiger partial charge on any atom is -0.365 e. The smallest absolute Gasteiger partial charge is 0.270 e. The summed E-state index contributed by atoms with van der Waals surface area (Å²) in [7, 11) is 0. The summed E-state index contributed by atoms with van der Waals surface area (Å²) in [5.41, 5.74) is 0.449. The molecule has 1 aliphatic carbocycles. The topological polar surface area (TPSA) is 74.8 Å². The zero-order valence-corrected chi connectivity index (χ0v) is 16.7. The molecule has 0 unspecified atom stereocenters. The highest BCUT2D eigenvalue weighted by Crippen LogP contribution is 2.29. The molecule has 2 aliphatic heterocycles. The van der Waals surface area contributed by atoms with Crippen LogP contribution in [-0.2, 0) is 9.53 Å². The van der Waals surface area contributed by atoms with E-state index >= 15 is 0 Å². The molecule has 8 heteroatoms. The van der Waals surface area contributed by atoms with Crippen LogP contribution in [-0.4, -0.2) is 77.6 Å². The van der Waals surface area contributed by atoms with E-state index in [1.807, 2.05) is 11.8 Å². The van der Waals surface area contributed by atoms with E-state index in [0.29, 0.717) is 24.8 Å². The molecule has 1 aromatic rings. The first kappa shape index (κ1) is 18.8. The van der Waals surface area contributed by atoms with E-state index in [1.165, 1.54) is 30.6 Å². The minimum atomic E-state index is -0.180. The van der Waals surface area contributed by atoms with Crippen molar-refractivity contribution in [1.29, 1.82) is 0 Å². The van der Waals surface area contributed by atoms with Crippen molar-refractivity contribution < 1.29 is 14.3 Å². The van der Waals surface area contributed by atoms with E-state index in [-0.39, 0.29) is 24.5 Å². The second kappa shape index (κ2) is 8.24.